The molecule has 0 fully saturated rings. The lowest BCUT2D eigenvalue weighted by Gasteiger charge is -2.35. The van der Waals surface area contributed by atoms with E-state index in [-0.39, 0.29) is 12.3 Å². The summed E-state index contributed by atoms with van der Waals surface area (Å²) >= 11 is 0. The van der Waals surface area contributed by atoms with E-state index in [1.54, 1.807) is 41.0 Å². The highest BCUT2D eigenvalue weighted by molar-refractivity contribution is 5.89. The van der Waals surface area contributed by atoms with Crippen LogP contribution in [-0.4, -0.2) is 23.7 Å². The molecule has 0 saturated heterocycles. The summed E-state index contributed by atoms with van der Waals surface area (Å²) in [5.41, 5.74) is 0.552. The molecule has 1 amide bonds. The lowest BCUT2D eigenvalue weighted by atomic mass is 10.0. The van der Waals surface area contributed by atoms with Crippen LogP contribution in [0, 0.1) is 13.8 Å². The average Bonchev–Trinajstić information content (AvgIpc) is 2.60. The summed E-state index contributed by atoms with van der Waals surface area (Å²) in [5, 5.41) is 0. The Kier molecular flexibility index (Phi) is 6.45. The van der Waals surface area contributed by atoms with Gasteiger partial charge in [0, 0.05) is 28.6 Å². The number of pyridine rings is 1. The normalized spacial score (nSPS) is 11.9. The van der Waals surface area contributed by atoms with Crippen molar-refractivity contribution >= 4 is 11.8 Å². The molecule has 0 aliphatic rings. The molecule has 0 saturated carbocycles. The van der Waals surface area contributed by atoms with E-state index in [1.165, 1.54) is 17.0 Å². The zero-order valence-corrected chi connectivity index (χ0v) is 17.3. The molecule has 2 rings (SSSR count). The number of hydrogen-bond acceptors (Lipinski definition) is 4. The number of aromatic nitrogens is 1. The van der Waals surface area contributed by atoms with Crippen molar-refractivity contribution in [2.45, 2.75) is 52.9 Å². The molecule has 0 unspecified atom stereocenters. The van der Waals surface area contributed by atoms with Crippen molar-refractivity contribution in [3.8, 4) is 5.75 Å². The van der Waals surface area contributed by atoms with Gasteiger partial charge in [0.25, 0.3) is 0 Å². The van der Waals surface area contributed by atoms with Gasteiger partial charge in [-0.25, -0.2) is 4.79 Å². The average molecular weight is 410 g/mol. The first kappa shape index (κ1) is 22.5. The minimum Gasteiger partial charge on any atom is -0.496 e. The molecule has 1 heterocycles. The fraction of sp³-hybridized carbons (Fsp3) is 0.429. The molecule has 158 valence electrons. The fourth-order valence-corrected chi connectivity index (χ4v) is 3.00. The maximum absolute atomic E-state index is 13.1. The second kappa shape index (κ2) is 8.31. The molecule has 29 heavy (non-hydrogen) atoms. The molecule has 0 N–H and O–H groups in total. The zero-order chi connectivity index (χ0) is 22.0. The number of benzene rings is 1. The van der Waals surface area contributed by atoms with Crippen LogP contribution in [0.4, 0.5) is 23.7 Å². The third-order valence-electron chi connectivity index (χ3n) is 4.37. The van der Waals surface area contributed by atoms with Crippen LogP contribution < -0.4 is 9.64 Å². The van der Waals surface area contributed by atoms with Gasteiger partial charge in [-0.05, 0) is 52.8 Å². The van der Waals surface area contributed by atoms with E-state index in [9.17, 15) is 18.0 Å². The molecule has 8 heteroatoms. The maximum Gasteiger partial charge on any atom is 0.416 e. The maximum atomic E-state index is 13.1. The van der Waals surface area contributed by atoms with Gasteiger partial charge in [-0.1, -0.05) is 6.07 Å². The van der Waals surface area contributed by atoms with E-state index >= 15 is 0 Å². The number of anilines is 1. The second-order valence-corrected chi connectivity index (χ2v) is 7.66. The molecule has 0 spiro atoms. The van der Waals surface area contributed by atoms with E-state index in [0.717, 1.165) is 23.3 Å². The van der Waals surface area contributed by atoms with Crippen molar-refractivity contribution < 1.29 is 27.4 Å². The van der Waals surface area contributed by atoms with Crippen molar-refractivity contribution in [3.63, 3.8) is 0 Å². The molecule has 0 atom stereocenters. The van der Waals surface area contributed by atoms with Gasteiger partial charge in [-0.3, -0.25) is 9.88 Å². The van der Waals surface area contributed by atoms with E-state index in [1.807, 2.05) is 6.92 Å². The Labute approximate surface area is 168 Å². The number of carbonyl (C=O) groups excluding carboxylic acids is 1. The second-order valence-electron chi connectivity index (χ2n) is 7.66. The standard InChI is InChI=1S/C21H25F3N2O3/c1-13-11-25-17(14(2)18(13)28-6)12-29-19(27)26(20(3,4)5)16-9-7-8-15(10-16)21(22,23)24/h7-11H,12H2,1-6H3. The monoisotopic (exact) mass is 410 g/mol. The van der Waals surface area contributed by atoms with Crippen LogP contribution in [0.3, 0.4) is 0 Å². The fourth-order valence-electron chi connectivity index (χ4n) is 3.00. The predicted molar refractivity (Wildman–Crippen MR) is 104 cm³/mol. The number of rotatable bonds is 4. The molecule has 1 aromatic heterocycles. The molecule has 5 nitrogen and oxygen atoms in total. The summed E-state index contributed by atoms with van der Waals surface area (Å²) in [6, 6.07) is 4.60. The predicted octanol–water partition coefficient (Wildman–Crippen LogP) is 5.67. The van der Waals surface area contributed by atoms with Crippen molar-refractivity contribution in [1.29, 1.82) is 0 Å². The highest BCUT2D eigenvalue weighted by Crippen LogP contribution is 2.34. The van der Waals surface area contributed by atoms with Crippen molar-refractivity contribution in [1.82, 2.24) is 4.98 Å². The van der Waals surface area contributed by atoms with Gasteiger partial charge in [0.05, 0.1) is 18.4 Å². The van der Waals surface area contributed by atoms with E-state index < -0.39 is 23.4 Å². The Bertz CT molecular complexity index is 890. The molecule has 1 aromatic carbocycles. The lowest BCUT2D eigenvalue weighted by molar-refractivity contribution is -0.137. The van der Waals surface area contributed by atoms with Gasteiger partial charge < -0.3 is 9.47 Å². The molecule has 2 aromatic rings. The van der Waals surface area contributed by atoms with E-state index in [2.05, 4.69) is 4.98 Å². The number of methoxy groups -OCH3 is 1. The molecule has 0 aliphatic carbocycles. The number of aryl methyl sites for hydroxylation is 1. The number of amides is 1. The summed E-state index contributed by atoms with van der Waals surface area (Å²) < 4.78 is 50.0. The smallest absolute Gasteiger partial charge is 0.416 e. The van der Waals surface area contributed by atoms with E-state index in [4.69, 9.17) is 9.47 Å². The number of ether oxygens (including phenoxy) is 2. The molecule has 0 radical (unpaired) electrons. The Morgan fingerprint density at radius 3 is 2.38 bits per heavy atom. The van der Waals surface area contributed by atoms with Crippen molar-refractivity contribution in [3.05, 3.63) is 52.8 Å². The minimum atomic E-state index is -4.51. The quantitative estimate of drug-likeness (QED) is 0.652. The number of alkyl halides is 3. The van der Waals surface area contributed by atoms with Gasteiger partial charge in [-0.2, -0.15) is 13.2 Å². The van der Waals surface area contributed by atoms with Crippen LogP contribution in [0.5, 0.6) is 5.75 Å². The first-order valence-corrected chi connectivity index (χ1v) is 8.99. The third-order valence-corrected chi connectivity index (χ3v) is 4.37. The topological polar surface area (TPSA) is 51.7 Å². The summed E-state index contributed by atoms with van der Waals surface area (Å²) in [7, 11) is 1.54. The zero-order valence-electron chi connectivity index (χ0n) is 17.3. The minimum absolute atomic E-state index is 0.100. The van der Waals surface area contributed by atoms with Gasteiger partial charge in [-0.15, -0.1) is 0 Å². The number of halogens is 3. The molecule has 0 aliphatic heterocycles. The number of carbonyl (C=O) groups is 1. The van der Waals surface area contributed by atoms with Crippen molar-refractivity contribution in [2.24, 2.45) is 0 Å². The van der Waals surface area contributed by atoms with Gasteiger partial charge in [0.1, 0.15) is 12.4 Å². The van der Waals surface area contributed by atoms with Crippen LogP contribution in [0.15, 0.2) is 30.5 Å². The Morgan fingerprint density at radius 1 is 1.17 bits per heavy atom. The highest BCUT2D eigenvalue weighted by Gasteiger charge is 2.34. The molecular formula is C21H25F3N2O3. The summed E-state index contributed by atoms with van der Waals surface area (Å²) in [4.78, 5) is 18.3. The lowest BCUT2D eigenvalue weighted by Crippen LogP contribution is -2.46. The number of nitrogens with zero attached hydrogens (tertiary/aromatic N) is 2. The van der Waals surface area contributed by atoms with E-state index in [0.29, 0.717) is 11.4 Å². The van der Waals surface area contributed by atoms with Crippen molar-refractivity contribution in [2.75, 3.05) is 12.0 Å². The Morgan fingerprint density at radius 2 is 1.83 bits per heavy atom. The summed E-state index contributed by atoms with van der Waals surface area (Å²) in [6.45, 7) is 8.67. The third kappa shape index (κ3) is 5.19. The summed E-state index contributed by atoms with van der Waals surface area (Å²) in [5.74, 6) is 0.650. The first-order chi connectivity index (χ1) is 13.4. The highest BCUT2D eigenvalue weighted by atomic mass is 19.4. The largest absolute Gasteiger partial charge is 0.496 e. The van der Waals surface area contributed by atoms with Crippen LogP contribution in [0.25, 0.3) is 0 Å². The van der Waals surface area contributed by atoms with Gasteiger partial charge in [0.15, 0.2) is 0 Å². The van der Waals surface area contributed by atoms with Crippen LogP contribution in [0.1, 0.15) is 43.2 Å². The summed E-state index contributed by atoms with van der Waals surface area (Å²) in [6.07, 6.45) is -3.66. The molecule has 0 bridgehead atoms. The SMILES string of the molecule is COc1c(C)cnc(COC(=O)N(c2cccc(C(F)(F)F)c2)C(C)(C)C)c1C. The van der Waals surface area contributed by atoms with Crippen LogP contribution >= 0.6 is 0 Å². The first-order valence-electron chi connectivity index (χ1n) is 8.99. The van der Waals surface area contributed by atoms with Gasteiger partial charge in [0.2, 0.25) is 0 Å². The van der Waals surface area contributed by atoms with Crippen LogP contribution in [-0.2, 0) is 17.5 Å². The number of hydrogen-bond donors (Lipinski definition) is 0. The van der Waals surface area contributed by atoms with Gasteiger partial charge >= 0.3 is 12.3 Å². The molecular weight excluding hydrogens is 385 g/mol. The Hall–Kier alpha value is -2.77. The Balaban J connectivity index is 2.30. The van der Waals surface area contributed by atoms with Crippen LogP contribution in [0.2, 0.25) is 0 Å².